The van der Waals surface area contributed by atoms with Gasteiger partial charge in [-0.3, -0.25) is 0 Å². The van der Waals surface area contributed by atoms with Crippen LogP contribution in [0.15, 0.2) is 18.2 Å². The predicted octanol–water partition coefficient (Wildman–Crippen LogP) is -0.348. The first-order valence-corrected chi connectivity index (χ1v) is 3.79. The summed E-state index contributed by atoms with van der Waals surface area (Å²) in [6, 6.07) is 4.25. The highest BCUT2D eigenvalue weighted by Crippen LogP contribution is 2.02. The van der Waals surface area contributed by atoms with Gasteiger partial charge in [-0.1, -0.05) is 12.1 Å². The Labute approximate surface area is 75.9 Å². The van der Waals surface area contributed by atoms with Crippen LogP contribution in [0.5, 0.6) is 0 Å². The molecule has 5 heteroatoms. The molecule has 2 N–H and O–H groups in total. The highest BCUT2D eigenvalue weighted by Gasteiger charge is 2.20. The molecule has 0 aliphatic rings. The number of halogens is 1. The fourth-order valence-electron chi connectivity index (χ4n) is 1.15. The lowest BCUT2D eigenvalue weighted by atomic mass is 9.76. The summed E-state index contributed by atoms with van der Waals surface area (Å²) in [5.74, 6) is -0.635. The monoisotopic (exact) mass is 184 g/mol. The van der Waals surface area contributed by atoms with Crippen LogP contribution in [0.2, 0.25) is 0 Å². The SMILES string of the molecule is COCc1cccc(F)c1B(O)O. The van der Waals surface area contributed by atoms with Crippen LogP contribution in [0, 0.1) is 5.82 Å². The Hall–Kier alpha value is -0.905. The van der Waals surface area contributed by atoms with Gasteiger partial charge in [0.2, 0.25) is 0 Å². The second kappa shape index (κ2) is 4.36. The molecule has 0 aliphatic carbocycles. The van der Waals surface area contributed by atoms with E-state index in [2.05, 4.69) is 0 Å². The molecule has 0 saturated carbocycles. The summed E-state index contributed by atoms with van der Waals surface area (Å²) in [5.41, 5.74) is 0.321. The van der Waals surface area contributed by atoms with Crippen molar-refractivity contribution in [2.45, 2.75) is 6.61 Å². The minimum absolute atomic E-state index is 0.121. The second-order valence-corrected chi connectivity index (χ2v) is 2.62. The summed E-state index contributed by atoms with van der Waals surface area (Å²) < 4.78 is 17.8. The Kier molecular flexibility index (Phi) is 3.42. The van der Waals surface area contributed by atoms with E-state index in [1.165, 1.54) is 19.2 Å². The van der Waals surface area contributed by atoms with Crippen molar-refractivity contribution in [2.75, 3.05) is 7.11 Å². The number of rotatable bonds is 3. The Balaban J connectivity index is 3.10. The molecule has 0 aliphatic heterocycles. The van der Waals surface area contributed by atoms with E-state index in [-0.39, 0.29) is 12.1 Å². The lowest BCUT2D eigenvalue weighted by Crippen LogP contribution is -2.36. The molecule has 0 saturated heterocycles. The Morgan fingerprint density at radius 1 is 1.46 bits per heavy atom. The number of methoxy groups -OCH3 is 1. The van der Waals surface area contributed by atoms with Gasteiger partial charge in [0.1, 0.15) is 5.82 Å². The van der Waals surface area contributed by atoms with Gasteiger partial charge in [-0.25, -0.2) is 4.39 Å². The highest BCUT2D eigenvalue weighted by atomic mass is 19.1. The van der Waals surface area contributed by atoms with Crippen LogP contribution in [0.4, 0.5) is 4.39 Å². The van der Waals surface area contributed by atoms with Gasteiger partial charge in [-0.15, -0.1) is 0 Å². The van der Waals surface area contributed by atoms with E-state index in [9.17, 15) is 4.39 Å². The van der Waals surface area contributed by atoms with Gasteiger partial charge in [-0.2, -0.15) is 0 Å². The summed E-state index contributed by atoms with van der Waals surface area (Å²) in [6.07, 6.45) is 0. The zero-order valence-electron chi connectivity index (χ0n) is 7.20. The second-order valence-electron chi connectivity index (χ2n) is 2.62. The van der Waals surface area contributed by atoms with E-state index in [4.69, 9.17) is 14.8 Å². The van der Waals surface area contributed by atoms with Crippen LogP contribution in [-0.2, 0) is 11.3 Å². The maximum absolute atomic E-state index is 13.0. The fourth-order valence-corrected chi connectivity index (χ4v) is 1.15. The van der Waals surface area contributed by atoms with Gasteiger partial charge in [0.15, 0.2) is 0 Å². The van der Waals surface area contributed by atoms with Crippen molar-refractivity contribution in [1.29, 1.82) is 0 Å². The molecule has 1 rings (SSSR count). The molecule has 3 nitrogen and oxygen atoms in total. The van der Waals surface area contributed by atoms with Crippen LogP contribution in [0.3, 0.4) is 0 Å². The van der Waals surface area contributed by atoms with Crippen molar-refractivity contribution in [3.8, 4) is 0 Å². The summed E-state index contributed by atoms with van der Waals surface area (Å²) in [7, 11) is -0.343. The van der Waals surface area contributed by atoms with E-state index in [1.807, 2.05) is 0 Å². The average molecular weight is 184 g/mol. The maximum atomic E-state index is 13.0. The fraction of sp³-hybridized carbons (Fsp3) is 0.250. The first-order valence-electron chi connectivity index (χ1n) is 3.79. The van der Waals surface area contributed by atoms with Gasteiger partial charge in [0.05, 0.1) is 6.61 Å². The van der Waals surface area contributed by atoms with E-state index in [0.29, 0.717) is 5.56 Å². The molecule has 0 bridgehead atoms. The van der Waals surface area contributed by atoms with E-state index >= 15 is 0 Å². The van der Waals surface area contributed by atoms with Crippen molar-refractivity contribution in [1.82, 2.24) is 0 Å². The number of hydrogen-bond acceptors (Lipinski definition) is 3. The molecule has 0 heterocycles. The third-order valence-corrected chi connectivity index (χ3v) is 1.70. The smallest absolute Gasteiger partial charge is 0.423 e. The van der Waals surface area contributed by atoms with Crippen LogP contribution in [0.1, 0.15) is 5.56 Å². The summed E-state index contributed by atoms with van der Waals surface area (Å²) in [4.78, 5) is 0. The van der Waals surface area contributed by atoms with Crippen molar-refractivity contribution in [3.05, 3.63) is 29.6 Å². The zero-order chi connectivity index (χ0) is 9.84. The van der Waals surface area contributed by atoms with Crippen LogP contribution in [-0.4, -0.2) is 24.3 Å². The number of ether oxygens (including phenoxy) is 1. The zero-order valence-corrected chi connectivity index (χ0v) is 7.20. The molecule has 0 aromatic heterocycles. The van der Waals surface area contributed by atoms with Crippen molar-refractivity contribution in [3.63, 3.8) is 0 Å². The van der Waals surface area contributed by atoms with E-state index in [0.717, 1.165) is 0 Å². The third kappa shape index (κ3) is 2.27. The van der Waals surface area contributed by atoms with E-state index in [1.54, 1.807) is 6.07 Å². The van der Waals surface area contributed by atoms with Crippen LogP contribution in [0.25, 0.3) is 0 Å². The lowest BCUT2D eigenvalue weighted by Gasteiger charge is -2.08. The topological polar surface area (TPSA) is 49.7 Å². The Morgan fingerprint density at radius 3 is 2.69 bits per heavy atom. The Bertz CT molecular complexity index is 291. The molecule has 70 valence electrons. The number of hydrogen-bond donors (Lipinski definition) is 2. The van der Waals surface area contributed by atoms with Gasteiger partial charge >= 0.3 is 7.12 Å². The molecule has 1 aromatic rings. The molecule has 1 aromatic carbocycles. The minimum Gasteiger partial charge on any atom is -0.423 e. The van der Waals surface area contributed by atoms with Gasteiger partial charge in [-0.05, 0) is 11.6 Å². The van der Waals surface area contributed by atoms with Gasteiger partial charge in [0, 0.05) is 12.6 Å². The maximum Gasteiger partial charge on any atom is 0.491 e. The Morgan fingerprint density at radius 2 is 2.15 bits per heavy atom. The average Bonchev–Trinajstić information content (AvgIpc) is 2.04. The third-order valence-electron chi connectivity index (χ3n) is 1.70. The molecule has 0 unspecified atom stereocenters. The molecule has 0 amide bonds. The van der Waals surface area contributed by atoms with Crippen molar-refractivity contribution >= 4 is 12.6 Å². The van der Waals surface area contributed by atoms with Gasteiger partial charge in [0.25, 0.3) is 0 Å². The largest absolute Gasteiger partial charge is 0.491 e. The molecule has 0 atom stereocenters. The molecule has 0 fully saturated rings. The minimum atomic E-state index is -1.80. The first kappa shape index (κ1) is 10.2. The quantitative estimate of drug-likeness (QED) is 0.631. The molecular formula is C8H10BFO3. The van der Waals surface area contributed by atoms with Crippen molar-refractivity contribution in [2.24, 2.45) is 0 Å². The normalized spacial score (nSPS) is 10.2. The lowest BCUT2D eigenvalue weighted by molar-refractivity contribution is 0.185. The standard InChI is InChI=1S/C8H10BFO3/c1-13-5-6-3-2-4-7(10)8(6)9(11)12/h2-4,11-12H,5H2,1H3. The molecule has 0 radical (unpaired) electrons. The summed E-state index contributed by atoms with van der Waals surface area (Å²) in [6.45, 7) is 0.157. The summed E-state index contributed by atoms with van der Waals surface area (Å²) >= 11 is 0. The summed E-state index contributed by atoms with van der Waals surface area (Å²) in [5, 5.41) is 17.7. The molecule has 0 spiro atoms. The number of benzene rings is 1. The van der Waals surface area contributed by atoms with Crippen LogP contribution >= 0.6 is 0 Å². The predicted molar refractivity (Wildman–Crippen MR) is 46.9 cm³/mol. The molecular weight excluding hydrogens is 174 g/mol. The first-order chi connectivity index (χ1) is 6.16. The van der Waals surface area contributed by atoms with Crippen molar-refractivity contribution < 1.29 is 19.2 Å². The van der Waals surface area contributed by atoms with E-state index < -0.39 is 12.9 Å². The highest BCUT2D eigenvalue weighted by molar-refractivity contribution is 6.59. The van der Waals surface area contributed by atoms with Crippen LogP contribution < -0.4 is 5.46 Å². The molecule has 13 heavy (non-hydrogen) atoms. The van der Waals surface area contributed by atoms with Gasteiger partial charge < -0.3 is 14.8 Å².